The van der Waals surface area contributed by atoms with E-state index in [-0.39, 0.29) is 24.7 Å². The summed E-state index contributed by atoms with van der Waals surface area (Å²) >= 11 is 0. The van der Waals surface area contributed by atoms with Crippen LogP contribution in [0.5, 0.6) is 0 Å². The molecule has 0 bridgehead atoms. The molecule has 1 aliphatic rings. The van der Waals surface area contributed by atoms with Crippen LogP contribution in [-0.4, -0.2) is 49.3 Å². The van der Waals surface area contributed by atoms with Crippen molar-refractivity contribution in [2.75, 3.05) is 13.7 Å². The lowest BCUT2D eigenvalue weighted by Gasteiger charge is -2.41. The largest absolute Gasteiger partial charge is 0.374 e. The Hall–Kier alpha value is -3.14. The Morgan fingerprint density at radius 3 is 1.69 bits per heavy atom. The molecule has 8 nitrogen and oxygen atoms in total. The second kappa shape index (κ2) is 13.2. The molecule has 0 amide bonds. The fourth-order valence-electron chi connectivity index (χ4n) is 4.24. The Labute approximate surface area is 210 Å². The van der Waals surface area contributed by atoms with E-state index in [1.807, 2.05) is 91.0 Å². The van der Waals surface area contributed by atoms with E-state index in [2.05, 4.69) is 0 Å². The van der Waals surface area contributed by atoms with Gasteiger partial charge in [0.15, 0.2) is 18.5 Å². The summed E-state index contributed by atoms with van der Waals surface area (Å²) in [4.78, 5) is 12.0. The van der Waals surface area contributed by atoms with Gasteiger partial charge in [0.1, 0.15) is 6.10 Å². The lowest BCUT2D eigenvalue weighted by atomic mass is 9.96. The van der Waals surface area contributed by atoms with E-state index in [9.17, 15) is 10.1 Å². The van der Waals surface area contributed by atoms with Crippen molar-refractivity contribution in [2.24, 2.45) is 0 Å². The molecule has 0 N–H and O–H groups in total. The van der Waals surface area contributed by atoms with E-state index in [1.165, 1.54) is 7.11 Å². The van der Waals surface area contributed by atoms with Gasteiger partial charge in [-0.15, -0.1) is 0 Å². The molecule has 1 heterocycles. The standard InChI is InChI=1S/C28H31NO7/c1-32-28-27(35-19-23-15-9-4-10-16-23)26(34-18-22-13-7-3-8-14-22)25(29(30)31)24(36-28)20-33-17-21-11-5-2-6-12-21/h2-16,24-28H,17-20H2,1H3/t24-,25-,26+,27-,28-/m1/s1. The first-order valence-corrected chi connectivity index (χ1v) is 11.9. The SMILES string of the molecule is CO[C@@H]1O[C@H](COCc2ccccc2)[C@@H]([N+](=O)[O-])[C@H](OCc2ccccc2)[C@H]1OCc1ccccc1. The molecule has 0 saturated carbocycles. The maximum Gasteiger partial charge on any atom is 0.269 e. The van der Waals surface area contributed by atoms with Crippen LogP contribution in [0.4, 0.5) is 0 Å². The second-order valence-corrected chi connectivity index (χ2v) is 8.58. The molecular formula is C28H31NO7. The topological polar surface area (TPSA) is 89.3 Å². The molecule has 1 fully saturated rings. The molecule has 0 radical (unpaired) electrons. The number of hydrogen-bond acceptors (Lipinski definition) is 7. The monoisotopic (exact) mass is 493 g/mol. The van der Waals surface area contributed by atoms with Crippen molar-refractivity contribution in [1.29, 1.82) is 0 Å². The molecule has 8 heteroatoms. The van der Waals surface area contributed by atoms with Gasteiger partial charge < -0.3 is 23.7 Å². The molecule has 3 aromatic rings. The van der Waals surface area contributed by atoms with Crippen LogP contribution in [0.2, 0.25) is 0 Å². The van der Waals surface area contributed by atoms with Gasteiger partial charge >= 0.3 is 0 Å². The minimum absolute atomic E-state index is 0.0109. The predicted octanol–water partition coefficient (Wildman–Crippen LogP) is 4.39. The van der Waals surface area contributed by atoms with Gasteiger partial charge in [-0.05, 0) is 16.7 Å². The first-order valence-electron chi connectivity index (χ1n) is 11.9. The smallest absolute Gasteiger partial charge is 0.269 e. The maximum absolute atomic E-state index is 12.3. The third-order valence-electron chi connectivity index (χ3n) is 6.06. The zero-order chi connectivity index (χ0) is 25.2. The minimum Gasteiger partial charge on any atom is -0.374 e. The van der Waals surface area contributed by atoms with E-state index < -0.39 is 30.6 Å². The Bertz CT molecular complexity index is 1050. The van der Waals surface area contributed by atoms with E-state index in [0.29, 0.717) is 6.61 Å². The summed E-state index contributed by atoms with van der Waals surface area (Å²) in [6.45, 7) is 0.748. The van der Waals surface area contributed by atoms with Crippen LogP contribution < -0.4 is 0 Å². The molecule has 36 heavy (non-hydrogen) atoms. The highest BCUT2D eigenvalue weighted by Gasteiger charge is 2.54. The summed E-state index contributed by atoms with van der Waals surface area (Å²) in [5, 5.41) is 12.3. The molecule has 0 unspecified atom stereocenters. The summed E-state index contributed by atoms with van der Waals surface area (Å²) in [5.74, 6) is 0. The third kappa shape index (κ3) is 6.96. The van der Waals surface area contributed by atoms with Crippen LogP contribution in [-0.2, 0) is 43.5 Å². The number of rotatable bonds is 12. The molecule has 1 saturated heterocycles. The van der Waals surface area contributed by atoms with E-state index in [1.54, 1.807) is 0 Å². The first-order chi connectivity index (χ1) is 17.7. The quantitative estimate of drug-likeness (QED) is 0.273. The second-order valence-electron chi connectivity index (χ2n) is 8.58. The highest BCUT2D eigenvalue weighted by Crippen LogP contribution is 2.30. The van der Waals surface area contributed by atoms with Gasteiger partial charge in [0.25, 0.3) is 6.04 Å². The van der Waals surface area contributed by atoms with Gasteiger partial charge in [0.2, 0.25) is 0 Å². The van der Waals surface area contributed by atoms with Crippen LogP contribution in [0.15, 0.2) is 91.0 Å². The number of nitrogens with zero attached hydrogens (tertiary/aromatic N) is 1. The first kappa shape index (κ1) is 25.9. The van der Waals surface area contributed by atoms with Gasteiger partial charge in [-0.3, -0.25) is 10.1 Å². The van der Waals surface area contributed by atoms with Crippen molar-refractivity contribution < 1.29 is 28.6 Å². The fraction of sp³-hybridized carbons (Fsp3) is 0.357. The van der Waals surface area contributed by atoms with Crippen molar-refractivity contribution in [1.82, 2.24) is 0 Å². The molecule has 1 aliphatic heterocycles. The maximum atomic E-state index is 12.3. The molecule has 5 atom stereocenters. The number of ether oxygens (including phenoxy) is 5. The normalized spacial score (nSPS) is 23.9. The zero-order valence-corrected chi connectivity index (χ0v) is 20.2. The Kier molecular flexibility index (Phi) is 9.54. The van der Waals surface area contributed by atoms with Crippen molar-refractivity contribution >= 4 is 0 Å². The Balaban J connectivity index is 1.53. The minimum atomic E-state index is -1.21. The van der Waals surface area contributed by atoms with E-state index >= 15 is 0 Å². The number of methoxy groups -OCH3 is 1. The van der Waals surface area contributed by atoms with Crippen LogP contribution in [0.1, 0.15) is 16.7 Å². The van der Waals surface area contributed by atoms with Gasteiger partial charge in [0.05, 0.1) is 26.4 Å². The summed E-state index contributed by atoms with van der Waals surface area (Å²) in [6, 6.07) is 27.5. The molecule has 190 valence electrons. The van der Waals surface area contributed by atoms with Crippen LogP contribution in [0.25, 0.3) is 0 Å². The van der Waals surface area contributed by atoms with Crippen molar-refractivity contribution in [3.8, 4) is 0 Å². The van der Waals surface area contributed by atoms with Crippen LogP contribution in [0, 0.1) is 10.1 Å². The molecule has 4 rings (SSSR count). The van der Waals surface area contributed by atoms with Crippen LogP contribution >= 0.6 is 0 Å². The third-order valence-corrected chi connectivity index (χ3v) is 6.06. The molecule has 0 aliphatic carbocycles. The van der Waals surface area contributed by atoms with Gasteiger partial charge in [-0.25, -0.2) is 0 Å². The summed E-state index contributed by atoms with van der Waals surface area (Å²) < 4.78 is 29.8. The van der Waals surface area contributed by atoms with Crippen LogP contribution in [0.3, 0.4) is 0 Å². The number of hydrogen-bond donors (Lipinski definition) is 0. The van der Waals surface area contributed by atoms with Crippen molar-refractivity contribution in [3.63, 3.8) is 0 Å². The zero-order valence-electron chi connectivity index (χ0n) is 20.2. The van der Waals surface area contributed by atoms with E-state index in [4.69, 9.17) is 23.7 Å². The number of nitro groups is 1. The molecule has 3 aromatic carbocycles. The highest BCUT2D eigenvalue weighted by atomic mass is 16.7. The fourth-order valence-corrected chi connectivity index (χ4v) is 4.24. The summed E-state index contributed by atoms with van der Waals surface area (Å²) in [7, 11) is 1.49. The molecule has 0 spiro atoms. The lowest BCUT2D eigenvalue weighted by Crippen LogP contribution is -2.63. The average Bonchev–Trinajstić information content (AvgIpc) is 2.92. The number of benzene rings is 3. The Morgan fingerprint density at radius 2 is 1.22 bits per heavy atom. The molecule has 0 aromatic heterocycles. The van der Waals surface area contributed by atoms with Gasteiger partial charge in [-0.1, -0.05) is 91.0 Å². The average molecular weight is 494 g/mol. The molecular weight excluding hydrogens is 462 g/mol. The van der Waals surface area contributed by atoms with Crippen molar-refractivity contribution in [3.05, 3.63) is 118 Å². The predicted molar refractivity (Wildman–Crippen MR) is 133 cm³/mol. The van der Waals surface area contributed by atoms with E-state index in [0.717, 1.165) is 16.7 Å². The Morgan fingerprint density at radius 1 is 0.750 bits per heavy atom. The van der Waals surface area contributed by atoms with Gasteiger partial charge in [0, 0.05) is 12.0 Å². The van der Waals surface area contributed by atoms with Crippen molar-refractivity contribution in [2.45, 2.75) is 50.5 Å². The highest BCUT2D eigenvalue weighted by molar-refractivity contribution is 5.15. The lowest BCUT2D eigenvalue weighted by molar-refractivity contribution is -0.566. The van der Waals surface area contributed by atoms with Gasteiger partial charge in [-0.2, -0.15) is 0 Å². The summed E-state index contributed by atoms with van der Waals surface area (Å²) in [6.07, 6.45) is -3.49. The summed E-state index contributed by atoms with van der Waals surface area (Å²) in [5.41, 5.74) is 2.80.